The Labute approximate surface area is 99.3 Å². The molecule has 0 amide bonds. The first kappa shape index (κ1) is 11.4. The maximum Gasteiger partial charge on any atom is 0.354 e. The molecule has 1 fully saturated rings. The number of carboxylic acid groups (broad SMARTS) is 1. The quantitative estimate of drug-likeness (QED) is 0.833. The van der Waals surface area contributed by atoms with Gasteiger partial charge >= 0.3 is 5.97 Å². The highest BCUT2D eigenvalue weighted by atomic mass is 16.4. The molecule has 0 spiro atoms. The van der Waals surface area contributed by atoms with Crippen LogP contribution in [0.4, 0.5) is 5.69 Å². The molecule has 0 aliphatic heterocycles. The van der Waals surface area contributed by atoms with Crippen LogP contribution in [0.1, 0.15) is 29.8 Å². The zero-order valence-electron chi connectivity index (χ0n) is 9.33. The topological polar surface area (TPSA) is 77.2 Å². The predicted molar refractivity (Wildman–Crippen MR) is 61.8 cm³/mol. The van der Waals surface area contributed by atoms with Gasteiger partial charge in [-0.2, -0.15) is 5.26 Å². The van der Waals surface area contributed by atoms with E-state index in [1.807, 2.05) is 0 Å². The molecule has 88 valence electrons. The number of aromatic carboxylic acids is 1. The molecule has 5 heteroatoms. The van der Waals surface area contributed by atoms with E-state index in [1.54, 1.807) is 12.3 Å². The molecule has 1 N–H and O–H groups in total. The summed E-state index contributed by atoms with van der Waals surface area (Å²) in [7, 11) is 0. The van der Waals surface area contributed by atoms with Gasteiger partial charge in [0.15, 0.2) is 0 Å². The van der Waals surface area contributed by atoms with E-state index in [1.165, 1.54) is 6.07 Å². The molecule has 0 bridgehead atoms. The van der Waals surface area contributed by atoms with E-state index in [-0.39, 0.29) is 5.69 Å². The molecule has 1 aromatic rings. The molecule has 0 radical (unpaired) electrons. The third-order valence-electron chi connectivity index (χ3n) is 2.75. The largest absolute Gasteiger partial charge is 0.477 e. The van der Waals surface area contributed by atoms with Crippen LogP contribution in [0.15, 0.2) is 18.3 Å². The number of hydrogen-bond acceptors (Lipinski definition) is 4. The number of rotatable bonds is 5. The van der Waals surface area contributed by atoms with Crippen molar-refractivity contribution in [1.29, 1.82) is 5.26 Å². The average molecular weight is 231 g/mol. The van der Waals surface area contributed by atoms with Gasteiger partial charge in [-0.15, -0.1) is 0 Å². The molecule has 1 heterocycles. The van der Waals surface area contributed by atoms with Crippen molar-refractivity contribution in [3.63, 3.8) is 0 Å². The van der Waals surface area contributed by atoms with Gasteiger partial charge in [0, 0.05) is 12.6 Å². The molecule has 1 saturated carbocycles. The normalized spacial score (nSPS) is 14.1. The first-order valence-electron chi connectivity index (χ1n) is 5.55. The van der Waals surface area contributed by atoms with E-state index >= 15 is 0 Å². The Hall–Kier alpha value is -2.09. The van der Waals surface area contributed by atoms with Gasteiger partial charge < -0.3 is 10.0 Å². The zero-order valence-corrected chi connectivity index (χ0v) is 9.33. The van der Waals surface area contributed by atoms with Crippen LogP contribution in [-0.4, -0.2) is 28.6 Å². The first-order chi connectivity index (χ1) is 8.22. The summed E-state index contributed by atoms with van der Waals surface area (Å²) in [4.78, 5) is 16.7. The van der Waals surface area contributed by atoms with Crippen molar-refractivity contribution >= 4 is 11.7 Å². The van der Waals surface area contributed by atoms with Crippen molar-refractivity contribution < 1.29 is 9.90 Å². The maximum absolute atomic E-state index is 10.7. The lowest BCUT2D eigenvalue weighted by Crippen LogP contribution is -2.26. The van der Waals surface area contributed by atoms with Gasteiger partial charge in [-0.25, -0.2) is 9.78 Å². The molecule has 5 nitrogen and oxygen atoms in total. The van der Waals surface area contributed by atoms with Crippen molar-refractivity contribution in [3.8, 4) is 6.07 Å². The summed E-state index contributed by atoms with van der Waals surface area (Å²) >= 11 is 0. The molecule has 2 rings (SSSR count). The Kier molecular flexibility index (Phi) is 3.24. The first-order valence-corrected chi connectivity index (χ1v) is 5.55. The molecule has 0 atom stereocenters. The summed E-state index contributed by atoms with van der Waals surface area (Å²) in [5.41, 5.74) is 0.942. The second-order valence-corrected chi connectivity index (χ2v) is 4.04. The molecule has 0 aromatic carbocycles. The van der Waals surface area contributed by atoms with Crippen LogP contribution in [0.3, 0.4) is 0 Å². The van der Waals surface area contributed by atoms with Crippen molar-refractivity contribution in [3.05, 3.63) is 24.0 Å². The summed E-state index contributed by atoms with van der Waals surface area (Å²) in [6.45, 7) is 0.676. The highest BCUT2D eigenvalue weighted by molar-refractivity contribution is 5.85. The van der Waals surface area contributed by atoms with Crippen LogP contribution in [-0.2, 0) is 0 Å². The van der Waals surface area contributed by atoms with Gasteiger partial charge in [0.2, 0.25) is 0 Å². The zero-order chi connectivity index (χ0) is 12.3. The number of anilines is 1. The van der Waals surface area contributed by atoms with Crippen LogP contribution < -0.4 is 4.90 Å². The van der Waals surface area contributed by atoms with E-state index in [2.05, 4.69) is 16.0 Å². The van der Waals surface area contributed by atoms with Crippen LogP contribution in [0, 0.1) is 11.3 Å². The molecule has 1 aliphatic rings. The molecule has 17 heavy (non-hydrogen) atoms. The fraction of sp³-hybridized carbons (Fsp3) is 0.417. The Morgan fingerprint density at radius 2 is 2.35 bits per heavy atom. The van der Waals surface area contributed by atoms with Crippen LogP contribution >= 0.6 is 0 Å². The Bertz CT molecular complexity index is 446. The molecule has 0 saturated heterocycles. The highest BCUT2D eigenvalue weighted by Gasteiger charge is 2.29. The third kappa shape index (κ3) is 2.72. The Morgan fingerprint density at radius 1 is 1.59 bits per heavy atom. The van der Waals surface area contributed by atoms with Gasteiger partial charge in [0.25, 0.3) is 0 Å². The third-order valence-corrected chi connectivity index (χ3v) is 2.75. The van der Waals surface area contributed by atoms with Gasteiger partial charge in [-0.1, -0.05) is 0 Å². The van der Waals surface area contributed by atoms with Gasteiger partial charge in [-0.3, -0.25) is 0 Å². The lowest BCUT2D eigenvalue weighted by molar-refractivity contribution is 0.0690. The van der Waals surface area contributed by atoms with Crippen molar-refractivity contribution in [2.75, 3.05) is 11.4 Å². The number of nitriles is 1. The SMILES string of the molecule is N#CCCN(c1ccc(C(=O)O)nc1)C1CC1. The molecule has 1 aromatic heterocycles. The Morgan fingerprint density at radius 3 is 2.82 bits per heavy atom. The average Bonchev–Trinajstić information content (AvgIpc) is 3.14. The number of pyridine rings is 1. The minimum atomic E-state index is -1.02. The minimum absolute atomic E-state index is 0.0461. The fourth-order valence-corrected chi connectivity index (χ4v) is 1.76. The smallest absolute Gasteiger partial charge is 0.354 e. The van der Waals surface area contributed by atoms with Crippen molar-refractivity contribution in [1.82, 2.24) is 4.98 Å². The lowest BCUT2D eigenvalue weighted by Gasteiger charge is -2.23. The number of aromatic nitrogens is 1. The molecular formula is C12H13N3O2. The fourth-order valence-electron chi connectivity index (χ4n) is 1.76. The van der Waals surface area contributed by atoms with E-state index in [4.69, 9.17) is 10.4 Å². The van der Waals surface area contributed by atoms with Gasteiger partial charge in [-0.05, 0) is 25.0 Å². The standard InChI is InChI=1S/C12H13N3O2/c13-6-1-7-15(9-2-3-9)10-4-5-11(12(16)17)14-8-10/h4-5,8-9H,1-3,7H2,(H,16,17). The summed E-state index contributed by atoms with van der Waals surface area (Å²) in [6, 6.07) is 5.87. The van der Waals surface area contributed by atoms with Crippen molar-refractivity contribution in [2.24, 2.45) is 0 Å². The predicted octanol–water partition coefficient (Wildman–Crippen LogP) is 1.66. The second kappa shape index (κ2) is 4.83. The van der Waals surface area contributed by atoms with Crippen LogP contribution in [0.25, 0.3) is 0 Å². The van der Waals surface area contributed by atoms with E-state index in [9.17, 15) is 4.79 Å². The molecule has 1 aliphatic carbocycles. The summed E-state index contributed by atoms with van der Waals surface area (Å²) < 4.78 is 0. The maximum atomic E-state index is 10.7. The summed E-state index contributed by atoms with van der Waals surface area (Å²) in [6.07, 6.45) is 4.30. The summed E-state index contributed by atoms with van der Waals surface area (Å²) in [5.74, 6) is -1.02. The monoisotopic (exact) mass is 231 g/mol. The van der Waals surface area contributed by atoms with Gasteiger partial charge in [0.1, 0.15) is 5.69 Å². The second-order valence-electron chi connectivity index (χ2n) is 4.04. The van der Waals surface area contributed by atoms with E-state index in [0.717, 1.165) is 18.5 Å². The lowest BCUT2D eigenvalue weighted by atomic mass is 10.3. The highest BCUT2D eigenvalue weighted by Crippen LogP contribution is 2.31. The minimum Gasteiger partial charge on any atom is -0.477 e. The number of carboxylic acids is 1. The summed E-state index contributed by atoms with van der Waals surface area (Å²) in [5, 5.41) is 17.4. The number of hydrogen-bond donors (Lipinski definition) is 1. The molecule has 0 unspecified atom stereocenters. The number of nitrogens with zero attached hydrogens (tertiary/aromatic N) is 3. The van der Waals surface area contributed by atoms with E-state index in [0.29, 0.717) is 19.0 Å². The number of carbonyl (C=O) groups is 1. The van der Waals surface area contributed by atoms with Crippen LogP contribution in [0.2, 0.25) is 0 Å². The van der Waals surface area contributed by atoms with Gasteiger partial charge in [0.05, 0.1) is 24.4 Å². The Balaban J connectivity index is 2.13. The van der Waals surface area contributed by atoms with Crippen molar-refractivity contribution in [2.45, 2.75) is 25.3 Å². The van der Waals surface area contributed by atoms with Crippen LogP contribution in [0.5, 0.6) is 0 Å². The molecular weight excluding hydrogens is 218 g/mol. The van der Waals surface area contributed by atoms with E-state index < -0.39 is 5.97 Å².